The summed E-state index contributed by atoms with van der Waals surface area (Å²) in [6, 6.07) is 9.24. The van der Waals surface area contributed by atoms with Crippen molar-refractivity contribution in [3.8, 4) is 0 Å². The van der Waals surface area contributed by atoms with Crippen LogP contribution in [0, 0.1) is 0 Å². The number of rotatable bonds is 0. The highest BCUT2D eigenvalue weighted by atomic mass is 35.5. The van der Waals surface area contributed by atoms with E-state index in [1.807, 2.05) is 0 Å². The van der Waals surface area contributed by atoms with Gasteiger partial charge in [0.15, 0.2) is 0 Å². The van der Waals surface area contributed by atoms with E-state index in [4.69, 9.17) is 11.6 Å². The predicted octanol–water partition coefficient (Wildman–Crippen LogP) is 4.94. The van der Waals surface area contributed by atoms with Crippen molar-refractivity contribution in [2.24, 2.45) is 0 Å². The van der Waals surface area contributed by atoms with E-state index in [1.54, 1.807) is 10.9 Å². The molecule has 0 saturated heterocycles. The van der Waals surface area contributed by atoms with Crippen molar-refractivity contribution < 1.29 is 0 Å². The lowest BCUT2D eigenvalue weighted by Gasteiger charge is -2.15. The molecule has 2 aromatic rings. The maximum Gasteiger partial charge on any atom is 0.0588 e. The van der Waals surface area contributed by atoms with Crippen LogP contribution in [0.25, 0.3) is 10.8 Å². The third-order valence-electron chi connectivity index (χ3n) is 4.61. The molecule has 1 heteroatoms. The van der Waals surface area contributed by atoms with Crippen LogP contribution in [0.3, 0.4) is 0 Å². The Morgan fingerprint density at radius 2 is 1.89 bits per heavy atom. The first-order chi connectivity index (χ1) is 8.84. The third kappa shape index (κ3) is 1.45. The zero-order valence-electron chi connectivity index (χ0n) is 10.5. The quantitative estimate of drug-likeness (QED) is 0.462. The molecule has 0 heterocycles. The molecule has 2 aromatic carbocycles. The number of benzene rings is 2. The topological polar surface area (TPSA) is 0 Å². The van der Waals surface area contributed by atoms with Crippen molar-refractivity contribution in [2.45, 2.75) is 43.9 Å². The lowest BCUT2D eigenvalue weighted by molar-refractivity contribution is 0.700. The zero-order valence-corrected chi connectivity index (χ0v) is 11.3. The summed E-state index contributed by atoms with van der Waals surface area (Å²) in [6.07, 6.45) is 7.31. The van der Waals surface area contributed by atoms with Gasteiger partial charge >= 0.3 is 0 Å². The van der Waals surface area contributed by atoms with Gasteiger partial charge in [-0.3, -0.25) is 0 Å². The first-order valence-electron chi connectivity index (χ1n) is 7.05. The summed E-state index contributed by atoms with van der Waals surface area (Å²) >= 11 is 6.60. The molecule has 1 unspecified atom stereocenters. The molecule has 2 aliphatic rings. The van der Waals surface area contributed by atoms with Gasteiger partial charge in [0.2, 0.25) is 0 Å². The van der Waals surface area contributed by atoms with Crippen LogP contribution >= 0.6 is 11.6 Å². The molecule has 2 aliphatic carbocycles. The van der Waals surface area contributed by atoms with Crippen LogP contribution < -0.4 is 0 Å². The lowest BCUT2D eigenvalue weighted by atomic mass is 9.92. The summed E-state index contributed by atoms with van der Waals surface area (Å²) in [7, 11) is 0. The van der Waals surface area contributed by atoms with Gasteiger partial charge in [-0.1, -0.05) is 30.7 Å². The highest BCUT2D eigenvalue weighted by Crippen LogP contribution is 2.41. The largest absolute Gasteiger partial charge is 0.118 e. The number of hydrogen-bond acceptors (Lipinski definition) is 0. The molecule has 0 nitrogen and oxygen atoms in total. The molecule has 4 rings (SSSR count). The Labute approximate surface area is 113 Å². The van der Waals surface area contributed by atoms with Gasteiger partial charge in [0.1, 0.15) is 0 Å². The lowest BCUT2D eigenvalue weighted by Crippen LogP contribution is -1.97. The normalized spacial score (nSPS) is 21.9. The first-order valence-corrected chi connectivity index (χ1v) is 7.48. The van der Waals surface area contributed by atoms with Crippen molar-refractivity contribution >= 4 is 22.4 Å². The van der Waals surface area contributed by atoms with E-state index in [2.05, 4.69) is 24.3 Å². The van der Waals surface area contributed by atoms with Gasteiger partial charge in [-0.15, -0.1) is 11.6 Å². The predicted molar refractivity (Wildman–Crippen MR) is 77.5 cm³/mol. The maximum absolute atomic E-state index is 6.60. The molecule has 0 bridgehead atoms. The smallest absolute Gasteiger partial charge is 0.0588 e. The Hall–Kier alpha value is -1.01. The molecule has 0 saturated carbocycles. The second-order valence-corrected chi connectivity index (χ2v) is 6.18. The summed E-state index contributed by atoms with van der Waals surface area (Å²) in [5, 5.41) is 3.26. The fourth-order valence-electron chi connectivity index (χ4n) is 3.75. The highest BCUT2D eigenvalue weighted by Gasteiger charge is 2.23. The Morgan fingerprint density at radius 1 is 1.00 bits per heavy atom. The Bertz CT molecular complexity index is 627. The zero-order chi connectivity index (χ0) is 12.1. The molecule has 0 aliphatic heterocycles. The van der Waals surface area contributed by atoms with Crippen molar-refractivity contribution in [2.75, 3.05) is 0 Å². The van der Waals surface area contributed by atoms with E-state index in [0.29, 0.717) is 0 Å². The van der Waals surface area contributed by atoms with Gasteiger partial charge in [0.25, 0.3) is 0 Å². The number of fused-ring (bicyclic) bond motifs is 2. The summed E-state index contributed by atoms with van der Waals surface area (Å²) in [4.78, 5) is 0. The van der Waals surface area contributed by atoms with Crippen LogP contribution in [0.5, 0.6) is 0 Å². The van der Waals surface area contributed by atoms with Crippen molar-refractivity contribution in [3.05, 3.63) is 46.5 Å². The number of alkyl halides is 1. The van der Waals surface area contributed by atoms with Crippen molar-refractivity contribution in [1.29, 1.82) is 0 Å². The van der Waals surface area contributed by atoms with Crippen LogP contribution in [0.1, 0.15) is 46.9 Å². The van der Waals surface area contributed by atoms with E-state index in [0.717, 1.165) is 6.42 Å². The van der Waals surface area contributed by atoms with Crippen LogP contribution in [0.15, 0.2) is 24.3 Å². The van der Waals surface area contributed by atoms with Crippen molar-refractivity contribution in [1.82, 2.24) is 0 Å². The minimum Gasteiger partial charge on any atom is -0.118 e. The molecule has 0 fully saturated rings. The average Bonchev–Trinajstić information content (AvgIpc) is 2.71. The monoisotopic (exact) mass is 256 g/mol. The average molecular weight is 257 g/mol. The Morgan fingerprint density at radius 3 is 2.83 bits per heavy atom. The van der Waals surface area contributed by atoms with Gasteiger partial charge < -0.3 is 0 Å². The highest BCUT2D eigenvalue weighted by molar-refractivity contribution is 6.21. The van der Waals surface area contributed by atoms with Gasteiger partial charge in [-0.05, 0) is 65.1 Å². The van der Waals surface area contributed by atoms with E-state index in [1.165, 1.54) is 54.2 Å². The molecule has 0 aromatic heterocycles. The van der Waals surface area contributed by atoms with Gasteiger partial charge in [0, 0.05) is 0 Å². The number of halogens is 1. The van der Waals surface area contributed by atoms with Crippen LogP contribution in [-0.2, 0) is 19.3 Å². The Balaban J connectivity index is 2.09. The molecule has 0 amide bonds. The van der Waals surface area contributed by atoms with E-state index in [-0.39, 0.29) is 5.38 Å². The van der Waals surface area contributed by atoms with Crippen LogP contribution in [-0.4, -0.2) is 0 Å². The van der Waals surface area contributed by atoms with E-state index in [9.17, 15) is 0 Å². The molecule has 18 heavy (non-hydrogen) atoms. The Kier molecular flexibility index (Phi) is 2.41. The molecular formula is C17H17Cl. The molecule has 0 N–H and O–H groups in total. The summed E-state index contributed by atoms with van der Waals surface area (Å²) in [5.41, 5.74) is 6.04. The molecule has 92 valence electrons. The minimum atomic E-state index is 0.229. The van der Waals surface area contributed by atoms with Crippen LogP contribution in [0.2, 0.25) is 0 Å². The van der Waals surface area contributed by atoms with Gasteiger partial charge in [0.05, 0.1) is 5.38 Å². The molecular weight excluding hydrogens is 240 g/mol. The second-order valence-electron chi connectivity index (χ2n) is 5.66. The molecule has 1 atom stereocenters. The van der Waals surface area contributed by atoms with E-state index < -0.39 is 0 Å². The summed E-state index contributed by atoms with van der Waals surface area (Å²) in [5.74, 6) is 0. The fourth-order valence-corrected chi connectivity index (χ4v) is 4.10. The summed E-state index contributed by atoms with van der Waals surface area (Å²) in [6.45, 7) is 0. The minimum absolute atomic E-state index is 0.229. The number of hydrogen-bond donors (Lipinski definition) is 0. The van der Waals surface area contributed by atoms with Gasteiger partial charge in [-0.25, -0.2) is 0 Å². The van der Waals surface area contributed by atoms with Gasteiger partial charge in [-0.2, -0.15) is 0 Å². The first kappa shape index (κ1) is 10.9. The van der Waals surface area contributed by atoms with Crippen molar-refractivity contribution in [3.63, 3.8) is 0 Å². The fraction of sp³-hybridized carbons (Fsp3) is 0.412. The maximum atomic E-state index is 6.60. The molecule has 0 spiro atoms. The molecule has 0 radical (unpaired) electrons. The number of aryl methyl sites for hydroxylation is 3. The SMILES string of the molecule is ClC1CCCCc2c1cc1c3c(cccc23)CC1. The standard InChI is InChI=1S/C17H17Cl/c18-16-7-2-1-5-13-14-6-3-4-11-8-9-12(17(11)14)10-15(13)16/h3-4,6,10,16H,1-2,5,7-9H2. The second kappa shape index (κ2) is 3.99. The van der Waals surface area contributed by atoms with Crippen LogP contribution in [0.4, 0.5) is 0 Å². The third-order valence-corrected chi connectivity index (χ3v) is 5.06. The van der Waals surface area contributed by atoms with E-state index >= 15 is 0 Å². The summed E-state index contributed by atoms with van der Waals surface area (Å²) < 4.78 is 0.